The number of ether oxygens (including phenoxy) is 1. The van der Waals surface area contributed by atoms with Gasteiger partial charge in [-0.3, -0.25) is 4.98 Å². The molecule has 0 saturated heterocycles. The van der Waals surface area contributed by atoms with Gasteiger partial charge in [0.05, 0.1) is 12.6 Å². The number of imidazole rings is 1. The van der Waals surface area contributed by atoms with E-state index in [0.717, 1.165) is 32.4 Å². The molecule has 0 saturated carbocycles. The summed E-state index contributed by atoms with van der Waals surface area (Å²) >= 11 is 3.50. The number of nitrogens with zero attached hydrogens (tertiary/aromatic N) is 3. The van der Waals surface area contributed by atoms with Crippen molar-refractivity contribution in [1.29, 1.82) is 0 Å². The molecule has 0 aliphatic rings. The zero-order valence-electron chi connectivity index (χ0n) is 14.1. The van der Waals surface area contributed by atoms with Crippen LogP contribution in [0.25, 0.3) is 22.4 Å². The Morgan fingerprint density at radius 3 is 2.81 bits per heavy atom. The number of halogens is 1. The van der Waals surface area contributed by atoms with E-state index in [1.165, 1.54) is 0 Å². The highest BCUT2D eigenvalue weighted by Gasteiger charge is 2.14. The van der Waals surface area contributed by atoms with Crippen molar-refractivity contribution in [3.8, 4) is 17.1 Å². The maximum absolute atomic E-state index is 6.13. The molecule has 26 heavy (non-hydrogen) atoms. The summed E-state index contributed by atoms with van der Waals surface area (Å²) in [6.45, 7) is 0.395. The minimum Gasteiger partial charge on any atom is -0.497 e. The zero-order valence-corrected chi connectivity index (χ0v) is 15.7. The second-order valence-electron chi connectivity index (χ2n) is 5.73. The minimum atomic E-state index is 0.395. The number of benzene rings is 2. The van der Waals surface area contributed by atoms with Gasteiger partial charge >= 0.3 is 0 Å². The fourth-order valence-electron chi connectivity index (χ4n) is 2.74. The smallest absolute Gasteiger partial charge is 0.178 e. The fourth-order valence-corrected chi connectivity index (χ4v) is 3.09. The van der Waals surface area contributed by atoms with Gasteiger partial charge < -0.3 is 9.57 Å². The third-order valence-electron chi connectivity index (χ3n) is 3.99. The Bertz CT molecular complexity index is 1050. The van der Waals surface area contributed by atoms with Gasteiger partial charge in [-0.05, 0) is 48.0 Å². The molecule has 0 N–H and O–H groups in total. The van der Waals surface area contributed by atoms with Crippen LogP contribution in [0.5, 0.6) is 5.75 Å². The van der Waals surface area contributed by atoms with Crippen LogP contribution in [0.4, 0.5) is 0 Å². The lowest BCUT2D eigenvalue weighted by molar-refractivity contribution is 0.109. The third-order valence-corrected chi connectivity index (χ3v) is 4.48. The van der Waals surface area contributed by atoms with Crippen LogP contribution in [-0.2, 0) is 6.61 Å². The van der Waals surface area contributed by atoms with Crippen molar-refractivity contribution in [3.05, 3.63) is 77.0 Å². The van der Waals surface area contributed by atoms with E-state index in [9.17, 15) is 0 Å². The largest absolute Gasteiger partial charge is 0.497 e. The van der Waals surface area contributed by atoms with E-state index in [1.807, 2.05) is 54.6 Å². The molecular weight excluding hydrogens is 394 g/mol. The molecule has 0 spiro atoms. The molecule has 2 aromatic carbocycles. The summed E-state index contributed by atoms with van der Waals surface area (Å²) < 4.78 is 8.01. The molecule has 2 aromatic heterocycles. The van der Waals surface area contributed by atoms with E-state index in [2.05, 4.69) is 20.9 Å². The number of hydrogen-bond donors (Lipinski definition) is 0. The van der Waals surface area contributed by atoms with Crippen LogP contribution in [0.1, 0.15) is 5.56 Å². The lowest BCUT2D eigenvalue weighted by Crippen LogP contribution is -2.12. The van der Waals surface area contributed by atoms with Crippen LogP contribution < -0.4 is 9.57 Å². The quantitative estimate of drug-likeness (QED) is 0.486. The predicted molar refractivity (Wildman–Crippen MR) is 104 cm³/mol. The van der Waals surface area contributed by atoms with Gasteiger partial charge in [0, 0.05) is 22.4 Å². The molecule has 0 bridgehead atoms. The summed E-state index contributed by atoms with van der Waals surface area (Å²) in [6.07, 6.45) is 3.52. The maximum Gasteiger partial charge on any atom is 0.178 e. The molecule has 0 fully saturated rings. The van der Waals surface area contributed by atoms with E-state index >= 15 is 0 Å². The Hall–Kier alpha value is -2.86. The highest BCUT2D eigenvalue weighted by atomic mass is 79.9. The molecule has 6 heteroatoms. The summed E-state index contributed by atoms with van der Waals surface area (Å²) in [6, 6.07) is 17.6. The second kappa shape index (κ2) is 7.17. The van der Waals surface area contributed by atoms with Gasteiger partial charge in [-0.25, -0.2) is 4.98 Å². The normalized spacial score (nSPS) is 10.8. The Morgan fingerprint density at radius 1 is 1.08 bits per heavy atom. The van der Waals surface area contributed by atoms with Gasteiger partial charge in [-0.15, -0.1) is 0 Å². The monoisotopic (exact) mass is 409 g/mol. The van der Waals surface area contributed by atoms with Gasteiger partial charge in [0.15, 0.2) is 5.82 Å². The Kier molecular flexibility index (Phi) is 4.58. The van der Waals surface area contributed by atoms with E-state index in [0.29, 0.717) is 12.4 Å². The number of fused-ring (bicyclic) bond motifs is 1. The van der Waals surface area contributed by atoms with E-state index in [-0.39, 0.29) is 0 Å². The number of aromatic nitrogens is 3. The molecular formula is C20H16BrN3O2. The first-order chi connectivity index (χ1) is 12.7. The van der Waals surface area contributed by atoms with Gasteiger partial charge in [0.25, 0.3) is 0 Å². The Labute approximate surface area is 159 Å². The molecule has 0 aliphatic carbocycles. The van der Waals surface area contributed by atoms with Gasteiger partial charge in [-0.2, -0.15) is 4.73 Å². The molecule has 0 radical (unpaired) electrons. The topological polar surface area (TPSA) is 49.2 Å². The number of hydrogen-bond acceptors (Lipinski definition) is 4. The fraction of sp³-hybridized carbons (Fsp3) is 0.100. The summed E-state index contributed by atoms with van der Waals surface area (Å²) in [5.41, 5.74) is 3.66. The molecule has 0 unspecified atom stereocenters. The van der Waals surface area contributed by atoms with Crippen LogP contribution in [0.15, 0.2) is 71.5 Å². The van der Waals surface area contributed by atoms with Crippen molar-refractivity contribution in [2.24, 2.45) is 0 Å². The minimum absolute atomic E-state index is 0.395. The molecule has 0 amide bonds. The van der Waals surface area contributed by atoms with Gasteiger partial charge in [-0.1, -0.05) is 28.1 Å². The van der Waals surface area contributed by atoms with E-state index < -0.39 is 0 Å². The second-order valence-corrected chi connectivity index (χ2v) is 6.65. The Morgan fingerprint density at radius 2 is 2.00 bits per heavy atom. The number of methoxy groups -OCH3 is 1. The van der Waals surface area contributed by atoms with E-state index in [1.54, 1.807) is 24.2 Å². The van der Waals surface area contributed by atoms with Crippen LogP contribution >= 0.6 is 15.9 Å². The van der Waals surface area contributed by atoms with Crippen LogP contribution in [0.2, 0.25) is 0 Å². The third kappa shape index (κ3) is 3.28. The lowest BCUT2D eigenvalue weighted by Gasteiger charge is -2.12. The first-order valence-corrected chi connectivity index (χ1v) is 8.88. The average Bonchev–Trinajstić information content (AvgIpc) is 3.04. The van der Waals surface area contributed by atoms with Gasteiger partial charge in [0.1, 0.15) is 17.9 Å². The molecule has 5 nitrogen and oxygen atoms in total. The predicted octanol–water partition coefficient (Wildman–Crippen LogP) is 4.50. The van der Waals surface area contributed by atoms with Crippen molar-refractivity contribution in [3.63, 3.8) is 0 Å². The van der Waals surface area contributed by atoms with Crippen molar-refractivity contribution < 1.29 is 9.57 Å². The zero-order chi connectivity index (χ0) is 17.9. The molecule has 4 aromatic rings. The average molecular weight is 410 g/mol. The van der Waals surface area contributed by atoms with E-state index in [4.69, 9.17) is 14.6 Å². The van der Waals surface area contributed by atoms with Crippen LogP contribution in [0, 0.1) is 0 Å². The van der Waals surface area contributed by atoms with Crippen LogP contribution in [-0.4, -0.2) is 21.8 Å². The lowest BCUT2D eigenvalue weighted by atomic mass is 10.2. The summed E-state index contributed by atoms with van der Waals surface area (Å²) in [4.78, 5) is 15.1. The summed E-state index contributed by atoms with van der Waals surface area (Å²) in [5, 5.41) is 0. The SMILES string of the molecule is COc1cccc(COn2c(-c3cccnc3)nc3cc(Br)ccc32)c1. The highest BCUT2D eigenvalue weighted by Crippen LogP contribution is 2.26. The number of rotatable bonds is 5. The maximum atomic E-state index is 6.13. The Balaban J connectivity index is 1.74. The molecule has 0 aliphatic heterocycles. The van der Waals surface area contributed by atoms with Crippen molar-refractivity contribution >= 4 is 27.0 Å². The van der Waals surface area contributed by atoms with Gasteiger partial charge in [0.2, 0.25) is 0 Å². The molecule has 4 rings (SSSR count). The number of pyridine rings is 1. The summed E-state index contributed by atoms with van der Waals surface area (Å²) in [5.74, 6) is 1.52. The highest BCUT2D eigenvalue weighted by molar-refractivity contribution is 9.10. The molecule has 130 valence electrons. The van der Waals surface area contributed by atoms with Crippen molar-refractivity contribution in [2.75, 3.05) is 7.11 Å². The summed E-state index contributed by atoms with van der Waals surface area (Å²) in [7, 11) is 1.65. The van der Waals surface area contributed by atoms with Crippen LogP contribution in [0.3, 0.4) is 0 Å². The first-order valence-electron chi connectivity index (χ1n) is 8.09. The van der Waals surface area contributed by atoms with Crippen molar-refractivity contribution in [1.82, 2.24) is 14.7 Å². The molecule has 0 atom stereocenters. The molecule has 2 heterocycles. The van der Waals surface area contributed by atoms with Crippen molar-refractivity contribution in [2.45, 2.75) is 6.61 Å². The standard InChI is InChI=1S/C20H16BrN3O2/c1-25-17-6-2-4-14(10-17)13-26-24-19-8-7-16(21)11-18(19)23-20(24)15-5-3-9-22-12-15/h2-12H,13H2,1H3. The first kappa shape index (κ1) is 16.6.